The Morgan fingerprint density at radius 3 is 2.56 bits per heavy atom. The zero-order valence-corrected chi connectivity index (χ0v) is 16.4. The number of H-pyrrole nitrogens is 1. The molecule has 0 bridgehead atoms. The number of ether oxygens (including phenoxy) is 1. The molecule has 0 saturated carbocycles. The summed E-state index contributed by atoms with van der Waals surface area (Å²) in [5, 5.41) is 0. The highest BCUT2D eigenvalue weighted by Gasteiger charge is 2.30. The molecule has 3 rings (SSSR count). The highest BCUT2D eigenvalue weighted by molar-refractivity contribution is 5.94. The lowest BCUT2D eigenvalue weighted by Gasteiger charge is -2.41. The number of para-hydroxylation sites is 2. The molecule has 1 aromatic carbocycles. The minimum Gasteiger partial charge on any atom is -0.495 e. The molecule has 1 aromatic heterocycles. The number of carbonyl (C=O) groups is 1. The molecular formula is C21H27N3O3. The van der Waals surface area contributed by atoms with E-state index < -0.39 is 0 Å². The number of anilines is 1. The van der Waals surface area contributed by atoms with Crippen molar-refractivity contribution in [2.24, 2.45) is 0 Å². The Kier molecular flexibility index (Phi) is 5.54. The normalized spacial score (nSPS) is 17.3. The minimum atomic E-state index is -0.314. The number of aromatic nitrogens is 1. The first-order valence-electron chi connectivity index (χ1n) is 9.34. The molecule has 2 aromatic rings. The fourth-order valence-electron chi connectivity index (χ4n) is 3.52. The molecule has 0 spiro atoms. The van der Waals surface area contributed by atoms with Crippen LogP contribution in [-0.4, -0.2) is 48.6 Å². The lowest BCUT2D eigenvalue weighted by molar-refractivity contribution is 0.0672. The number of piperazine rings is 1. The molecule has 2 heterocycles. The first kappa shape index (κ1) is 19.0. The number of nitrogens with one attached hydrogen (secondary N) is 1. The van der Waals surface area contributed by atoms with E-state index in [-0.39, 0.29) is 29.0 Å². The minimum absolute atomic E-state index is 0.0136. The van der Waals surface area contributed by atoms with Crippen molar-refractivity contribution in [3.05, 3.63) is 58.0 Å². The van der Waals surface area contributed by atoms with Gasteiger partial charge < -0.3 is 19.5 Å². The predicted molar refractivity (Wildman–Crippen MR) is 107 cm³/mol. The van der Waals surface area contributed by atoms with Crippen LogP contribution in [0.4, 0.5) is 5.69 Å². The second-order valence-corrected chi connectivity index (χ2v) is 7.28. The largest absolute Gasteiger partial charge is 0.495 e. The molecule has 1 atom stereocenters. The summed E-state index contributed by atoms with van der Waals surface area (Å²) >= 11 is 0. The fourth-order valence-corrected chi connectivity index (χ4v) is 3.52. The van der Waals surface area contributed by atoms with Crippen LogP contribution in [0.1, 0.15) is 42.7 Å². The van der Waals surface area contributed by atoms with E-state index in [1.54, 1.807) is 18.1 Å². The van der Waals surface area contributed by atoms with E-state index in [4.69, 9.17) is 4.74 Å². The van der Waals surface area contributed by atoms with Gasteiger partial charge in [-0.05, 0) is 37.1 Å². The van der Waals surface area contributed by atoms with Crippen LogP contribution in [0.15, 0.2) is 41.2 Å². The van der Waals surface area contributed by atoms with Gasteiger partial charge in [-0.25, -0.2) is 0 Å². The number of pyridine rings is 1. The van der Waals surface area contributed by atoms with Crippen molar-refractivity contribution in [1.29, 1.82) is 0 Å². The summed E-state index contributed by atoms with van der Waals surface area (Å²) in [6, 6.07) is 11.4. The summed E-state index contributed by atoms with van der Waals surface area (Å²) in [7, 11) is 1.66. The number of carbonyl (C=O) groups excluding carboxylic acids is 1. The third-order valence-electron chi connectivity index (χ3n) is 5.10. The average molecular weight is 369 g/mol. The Morgan fingerprint density at radius 1 is 1.19 bits per heavy atom. The lowest BCUT2D eigenvalue weighted by atomic mass is 10.1. The molecule has 6 heteroatoms. The van der Waals surface area contributed by atoms with Crippen molar-refractivity contribution in [1.82, 2.24) is 9.88 Å². The predicted octanol–water partition coefficient (Wildman–Crippen LogP) is 2.86. The highest BCUT2D eigenvalue weighted by Crippen LogP contribution is 2.29. The van der Waals surface area contributed by atoms with Crippen molar-refractivity contribution in [2.75, 3.05) is 31.6 Å². The summed E-state index contributed by atoms with van der Waals surface area (Å²) in [6.07, 6.45) is 0. The third-order valence-corrected chi connectivity index (χ3v) is 5.10. The van der Waals surface area contributed by atoms with Crippen molar-refractivity contribution in [3.8, 4) is 5.75 Å². The maximum atomic E-state index is 12.9. The van der Waals surface area contributed by atoms with E-state index in [2.05, 4.69) is 9.88 Å². The molecule has 6 nitrogen and oxygen atoms in total. The van der Waals surface area contributed by atoms with Gasteiger partial charge in [-0.15, -0.1) is 0 Å². The SMILES string of the molecule is COc1ccccc1N1CCN(C(=O)c2ccc(C(C)C)[nH]c2=O)[C@@H](C)C1. The molecule has 1 fully saturated rings. The van der Waals surface area contributed by atoms with Crippen LogP contribution in [0.25, 0.3) is 0 Å². The number of aromatic amines is 1. The molecule has 27 heavy (non-hydrogen) atoms. The molecule has 0 radical (unpaired) electrons. The van der Waals surface area contributed by atoms with Gasteiger partial charge in [0.05, 0.1) is 12.8 Å². The van der Waals surface area contributed by atoms with E-state index in [0.29, 0.717) is 19.6 Å². The number of nitrogens with zero attached hydrogens (tertiary/aromatic N) is 2. The summed E-state index contributed by atoms with van der Waals surface area (Å²) in [5.41, 5.74) is 1.76. The van der Waals surface area contributed by atoms with E-state index >= 15 is 0 Å². The number of rotatable bonds is 4. The van der Waals surface area contributed by atoms with Crippen molar-refractivity contribution >= 4 is 11.6 Å². The number of amides is 1. The maximum absolute atomic E-state index is 12.9. The molecular weight excluding hydrogens is 342 g/mol. The summed E-state index contributed by atoms with van der Waals surface area (Å²) in [6.45, 7) is 7.96. The standard InChI is InChI=1S/C21H27N3O3/c1-14(2)17-10-9-16(20(25)22-17)21(26)24-12-11-23(13-15(24)3)18-7-5-6-8-19(18)27-4/h5-10,14-15H,11-13H2,1-4H3,(H,22,25)/t15-/m0/s1. The Morgan fingerprint density at radius 2 is 1.93 bits per heavy atom. The first-order valence-corrected chi connectivity index (χ1v) is 9.34. The van der Waals surface area contributed by atoms with E-state index in [1.165, 1.54) is 0 Å². The first-order chi connectivity index (χ1) is 12.9. The molecule has 0 unspecified atom stereocenters. The molecule has 1 N–H and O–H groups in total. The number of methoxy groups -OCH3 is 1. The van der Waals surface area contributed by atoms with Crippen LogP contribution in [0.3, 0.4) is 0 Å². The molecule has 1 aliphatic rings. The van der Waals surface area contributed by atoms with Gasteiger partial charge in [0, 0.05) is 31.4 Å². The molecule has 144 valence electrons. The highest BCUT2D eigenvalue weighted by atomic mass is 16.5. The maximum Gasteiger partial charge on any atom is 0.261 e. The van der Waals surface area contributed by atoms with Crippen LogP contribution in [0.2, 0.25) is 0 Å². The molecule has 0 aliphatic carbocycles. The number of benzene rings is 1. The van der Waals surface area contributed by atoms with Gasteiger partial charge in [0.25, 0.3) is 11.5 Å². The second-order valence-electron chi connectivity index (χ2n) is 7.28. The van der Waals surface area contributed by atoms with Gasteiger partial charge in [0.2, 0.25) is 0 Å². The van der Waals surface area contributed by atoms with Crippen molar-refractivity contribution in [3.63, 3.8) is 0 Å². The smallest absolute Gasteiger partial charge is 0.261 e. The Balaban J connectivity index is 1.77. The number of hydrogen-bond donors (Lipinski definition) is 1. The molecule has 1 amide bonds. The van der Waals surface area contributed by atoms with Crippen LogP contribution >= 0.6 is 0 Å². The van der Waals surface area contributed by atoms with Crippen LogP contribution < -0.4 is 15.2 Å². The van der Waals surface area contributed by atoms with E-state index in [9.17, 15) is 9.59 Å². The zero-order valence-electron chi connectivity index (χ0n) is 16.4. The molecule has 1 aliphatic heterocycles. The topological polar surface area (TPSA) is 65.6 Å². The molecule has 1 saturated heterocycles. The van der Waals surface area contributed by atoms with Gasteiger partial charge in [-0.3, -0.25) is 9.59 Å². The zero-order chi connectivity index (χ0) is 19.6. The number of hydrogen-bond acceptors (Lipinski definition) is 4. The van der Waals surface area contributed by atoms with Crippen molar-refractivity contribution < 1.29 is 9.53 Å². The van der Waals surface area contributed by atoms with Gasteiger partial charge in [-0.2, -0.15) is 0 Å². The lowest BCUT2D eigenvalue weighted by Crippen LogP contribution is -2.54. The van der Waals surface area contributed by atoms with Crippen LogP contribution in [-0.2, 0) is 0 Å². The van der Waals surface area contributed by atoms with Gasteiger partial charge >= 0.3 is 0 Å². The Bertz CT molecular complexity index is 875. The van der Waals surface area contributed by atoms with Crippen LogP contribution in [0.5, 0.6) is 5.75 Å². The Labute approximate surface area is 159 Å². The van der Waals surface area contributed by atoms with Crippen LogP contribution in [0, 0.1) is 0 Å². The third kappa shape index (κ3) is 3.84. The summed E-state index contributed by atoms with van der Waals surface area (Å²) < 4.78 is 5.46. The van der Waals surface area contributed by atoms with Gasteiger partial charge in [0.15, 0.2) is 0 Å². The average Bonchev–Trinajstić information content (AvgIpc) is 2.67. The van der Waals surface area contributed by atoms with E-state index in [0.717, 1.165) is 17.1 Å². The quantitative estimate of drug-likeness (QED) is 0.900. The summed E-state index contributed by atoms with van der Waals surface area (Å²) in [5.74, 6) is 0.828. The second kappa shape index (κ2) is 7.86. The van der Waals surface area contributed by atoms with Gasteiger partial charge in [0.1, 0.15) is 11.3 Å². The van der Waals surface area contributed by atoms with Crippen molar-refractivity contribution in [2.45, 2.75) is 32.7 Å². The Hall–Kier alpha value is -2.76. The summed E-state index contributed by atoms with van der Waals surface area (Å²) in [4.78, 5) is 32.2. The van der Waals surface area contributed by atoms with E-state index in [1.807, 2.05) is 51.1 Å². The fraction of sp³-hybridized carbons (Fsp3) is 0.429. The van der Waals surface area contributed by atoms with Gasteiger partial charge in [-0.1, -0.05) is 26.0 Å². The monoisotopic (exact) mass is 369 g/mol.